The smallest absolute Gasteiger partial charge is 0.257 e. The number of aryl methyl sites for hydroxylation is 1. The first kappa shape index (κ1) is 15.8. The molecule has 25 heavy (non-hydrogen) atoms. The topological polar surface area (TPSA) is 51.4 Å². The number of methoxy groups -OCH3 is 1. The number of fused-ring (bicyclic) bond motifs is 1. The minimum Gasteiger partial charge on any atom is -0.497 e. The molecule has 4 rings (SSSR count). The van der Waals surface area contributed by atoms with Crippen molar-refractivity contribution in [3.8, 4) is 17.2 Å². The third-order valence-electron chi connectivity index (χ3n) is 4.83. The van der Waals surface area contributed by atoms with Gasteiger partial charge in [-0.25, -0.2) is 0 Å². The highest BCUT2D eigenvalue weighted by atomic mass is 16.5. The van der Waals surface area contributed by atoms with Gasteiger partial charge in [-0.05, 0) is 55.3 Å². The van der Waals surface area contributed by atoms with E-state index in [1.807, 2.05) is 24.3 Å². The number of aromatic nitrogens is 2. The number of hydrogen-bond acceptors (Lipinski definition) is 5. The van der Waals surface area contributed by atoms with Gasteiger partial charge < -0.3 is 9.26 Å². The average Bonchev–Trinajstić information content (AvgIpc) is 3.28. The Morgan fingerprint density at radius 3 is 2.76 bits per heavy atom. The van der Waals surface area contributed by atoms with Crippen LogP contribution < -0.4 is 4.74 Å². The monoisotopic (exact) mass is 335 g/mol. The van der Waals surface area contributed by atoms with E-state index in [4.69, 9.17) is 9.26 Å². The molecule has 1 aliphatic carbocycles. The van der Waals surface area contributed by atoms with E-state index >= 15 is 0 Å². The molecule has 0 saturated heterocycles. The van der Waals surface area contributed by atoms with Gasteiger partial charge in [0.1, 0.15) is 5.75 Å². The van der Waals surface area contributed by atoms with Crippen molar-refractivity contribution >= 4 is 0 Å². The van der Waals surface area contributed by atoms with Crippen molar-refractivity contribution in [3.05, 3.63) is 65.5 Å². The third kappa shape index (κ3) is 3.15. The quantitative estimate of drug-likeness (QED) is 0.708. The van der Waals surface area contributed by atoms with Gasteiger partial charge in [0.05, 0.1) is 13.7 Å². The van der Waals surface area contributed by atoms with Gasteiger partial charge in [0.2, 0.25) is 0 Å². The van der Waals surface area contributed by atoms with Crippen molar-refractivity contribution in [2.24, 2.45) is 0 Å². The highest BCUT2D eigenvalue weighted by molar-refractivity contribution is 5.54. The largest absolute Gasteiger partial charge is 0.497 e. The second-order valence-electron chi connectivity index (χ2n) is 6.41. The van der Waals surface area contributed by atoms with E-state index < -0.39 is 0 Å². The number of nitrogens with zero attached hydrogens (tertiary/aromatic N) is 3. The van der Waals surface area contributed by atoms with E-state index in [1.165, 1.54) is 11.1 Å². The van der Waals surface area contributed by atoms with Crippen molar-refractivity contribution in [3.63, 3.8) is 0 Å². The maximum absolute atomic E-state index is 5.43. The summed E-state index contributed by atoms with van der Waals surface area (Å²) < 4.78 is 10.6. The Morgan fingerprint density at radius 1 is 1.16 bits per heavy atom. The lowest BCUT2D eigenvalue weighted by atomic mass is 10.1. The van der Waals surface area contributed by atoms with E-state index in [-0.39, 0.29) is 0 Å². The molecule has 0 radical (unpaired) electrons. The van der Waals surface area contributed by atoms with E-state index in [1.54, 1.807) is 7.11 Å². The molecule has 2 aromatic carbocycles. The van der Waals surface area contributed by atoms with Crippen molar-refractivity contribution in [1.29, 1.82) is 0 Å². The second-order valence-corrected chi connectivity index (χ2v) is 6.41. The van der Waals surface area contributed by atoms with Crippen molar-refractivity contribution in [2.45, 2.75) is 25.4 Å². The van der Waals surface area contributed by atoms with Crippen LogP contribution in [-0.2, 0) is 13.0 Å². The molecule has 0 fully saturated rings. The van der Waals surface area contributed by atoms with Gasteiger partial charge in [-0.1, -0.05) is 29.4 Å². The molecule has 0 spiro atoms. The zero-order valence-electron chi connectivity index (χ0n) is 14.5. The van der Waals surface area contributed by atoms with Gasteiger partial charge in [0.25, 0.3) is 5.89 Å². The van der Waals surface area contributed by atoms with Crippen molar-refractivity contribution in [2.75, 3.05) is 14.2 Å². The molecule has 128 valence electrons. The summed E-state index contributed by atoms with van der Waals surface area (Å²) in [6.45, 7) is 0.665. The zero-order valence-corrected chi connectivity index (χ0v) is 14.5. The minimum absolute atomic E-state index is 0.416. The fourth-order valence-corrected chi connectivity index (χ4v) is 3.49. The summed E-state index contributed by atoms with van der Waals surface area (Å²) >= 11 is 0. The zero-order chi connectivity index (χ0) is 17.2. The molecule has 5 heteroatoms. The maximum atomic E-state index is 5.43. The molecule has 1 aliphatic rings. The summed E-state index contributed by atoms with van der Waals surface area (Å²) in [6, 6.07) is 16.7. The molecule has 5 nitrogen and oxygen atoms in total. The summed E-state index contributed by atoms with van der Waals surface area (Å²) in [5.74, 6) is 2.05. The molecular weight excluding hydrogens is 314 g/mol. The molecule has 1 aromatic heterocycles. The van der Waals surface area contributed by atoms with Crippen molar-refractivity contribution in [1.82, 2.24) is 15.0 Å². The predicted octanol–water partition coefficient (Wildman–Crippen LogP) is 3.86. The van der Waals surface area contributed by atoms with Crippen LogP contribution in [0.15, 0.2) is 53.1 Å². The molecule has 0 aliphatic heterocycles. The molecule has 1 atom stereocenters. The Hall–Kier alpha value is -2.66. The Kier molecular flexibility index (Phi) is 4.24. The summed E-state index contributed by atoms with van der Waals surface area (Å²) in [4.78, 5) is 6.84. The Balaban J connectivity index is 1.47. The molecule has 1 unspecified atom stereocenters. The van der Waals surface area contributed by atoms with Crippen LogP contribution in [0.5, 0.6) is 5.75 Å². The Morgan fingerprint density at radius 2 is 1.96 bits per heavy atom. The molecule has 3 aromatic rings. The van der Waals surface area contributed by atoms with E-state index in [0.717, 1.165) is 24.2 Å². The number of hydrogen-bond donors (Lipinski definition) is 0. The molecular formula is C20H21N3O2. The summed E-state index contributed by atoms with van der Waals surface area (Å²) in [6.07, 6.45) is 2.27. The Labute approximate surface area is 147 Å². The normalized spacial score (nSPS) is 16.2. The van der Waals surface area contributed by atoms with Crippen LogP contribution >= 0.6 is 0 Å². The van der Waals surface area contributed by atoms with Gasteiger partial charge in [-0.2, -0.15) is 4.98 Å². The average molecular weight is 335 g/mol. The first-order chi connectivity index (χ1) is 12.2. The van der Waals surface area contributed by atoms with Crippen LogP contribution in [0.2, 0.25) is 0 Å². The van der Waals surface area contributed by atoms with Crippen molar-refractivity contribution < 1.29 is 9.26 Å². The van der Waals surface area contributed by atoms with Crippen LogP contribution in [0.1, 0.15) is 29.4 Å². The molecule has 0 bridgehead atoms. The lowest BCUT2D eigenvalue weighted by molar-refractivity contribution is 0.227. The fourth-order valence-electron chi connectivity index (χ4n) is 3.49. The number of benzene rings is 2. The summed E-state index contributed by atoms with van der Waals surface area (Å²) in [7, 11) is 3.77. The second kappa shape index (κ2) is 6.69. The highest BCUT2D eigenvalue weighted by Gasteiger charge is 2.26. The first-order valence-electron chi connectivity index (χ1n) is 8.49. The highest BCUT2D eigenvalue weighted by Crippen LogP contribution is 2.35. The van der Waals surface area contributed by atoms with Crippen LogP contribution in [0.25, 0.3) is 11.5 Å². The van der Waals surface area contributed by atoms with Crippen LogP contribution in [0.3, 0.4) is 0 Å². The molecule has 1 heterocycles. The van der Waals surface area contributed by atoms with Gasteiger partial charge in [-0.15, -0.1) is 0 Å². The molecule has 0 N–H and O–H groups in total. The molecule has 0 amide bonds. The van der Waals surface area contributed by atoms with Gasteiger partial charge in [0.15, 0.2) is 5.82 Å². The Bertz CT molecular complexity index is 857. The van der Waals surface area contributed by atoms with Crippen LogP contribution in [0, 0.1) is 0 Å². The maximum Gasteiger partial charge on any atom is 0.257 e. The van der Waals surface area contributed by atoms with Gasteiger partial charge in [0, 0.05) is 11.6 Å². The van der Waals surface area contributed by atoms with E-state index in [2.05, 4.69) is 46.4 Å². The third-order valence-corrected chi connectivity index (χ3v) is 4.83. The van der Waals surface area contributed by atoms with Gasteiger partial charge in [-0.3, -0.25) is 4.90 Å². The minimum atomic E-state index is 0.416. The predicted molar refractivity (Wildman–Crippen MR) is 95.3 cm³/mol. The van der Waals surface area contributed by atoms with E-state index in [9.17, 15) is 0 Å². The van der Waals surface area contributed by atoms with Crippen LogP contribution in [-0.4, -0.2) is 29.2 Å². The van der Waals surface area contributed by atoms with Gasteiger partial charge >= 0.3 is 0 Å². The first-order valence-corrected chi connectivity index (χ1v) is 8.49. The summed E-state index contributed by atoms with van der Waals surface area (Å²) in [5.41, 5.74) is 3.77. The fraction of sp³-hybridized carbons (Fsp3) is 0.300. The van der Waals surface area contributed by atoms with Crippen LogP contribution in [0.4, 0.5) is 0 Å². The number of rotatable bonds is 5. The molecule has 0 saturated carbocycles. The number of ether oxygens (including phenoxy) is 1. The standard InChI is InChI=1S/C20H21N3O2/c1-23(18-12-9-14-5-3-4-6-17(14)18)13-19-21-20(25-22-19)15-7-10-16(24-2)11-8-15/h3-8,10-11,18H,9,12-13H2,1-2H3. The van der Waals surface area contributed by atoms with E-state index in [0.29, 0.717) is 24.3 Å². The SMILES string of the molecule is COc1ccc(-c2nc(CN(C)C3CCc4ccccc43)no2)cc1. The lowest BCUT2D eigenvalue weighted by Gasteiger charge is -2.23. The summed E-state index contributed by atoms with van der Waals surface area (Å²) in [5, 5.41) is 4.14. The lowest BCUT2D eigenvalue weighted by Crippen LogP contribution is -2.23.